The van der Waals surface area contributed by atoms with Crippen molar-refractivity contribution in [3.05, 3.63) is 18.2 Å². The Kier molecular flexibility index (Phi) is 3.81. The number of hydrogen-bond acceptors (Lipinski definition) is 6. The van der Waals surface area contributed by atoms with E-state index in [0.717, 1.165) is 15.3 Å². The van der Waals surface area contributed by atoms with Crippen molar-refractivity contribution in [2.45, 2.75) is 4.90 Å². The van der Waals surface area contributed by atoms with Crippen LogP contribution in [0.4, 0.5) is 5.13 Å². The van der Waals surface area contributed by atoms with Crippen LogP contribution in [0.5, 0.6) is 0 Å². The number of primary sulfonamides is 1. The van der Waals surface area contributed by atoms with Crippen molar-refractivity contribution in [1.29, 1.82) is 0 Å². The molecule has 6 nitrogen and oxygen atoms in total. The molecule has 98 valence electrons. The molecule has 0 saturated heterocycles. The van der Waals surface area contributed by atoms with E-state index >= 15 is 0 Å². The first-order valence-corrected chi connectivity index (χ1v) is 7.53. The zero-order valence-corrected chi connectivity index (χ0v) is 11.3. The van der Waals surface area contributed by atoms with Gasteiger partial charge in [0.15, 0.2) is 5.13 Å². The zero-order valence-electron chi connectivity index (χ0n) is 9.71. The Morgan fingerprint density at radius 1 is 1.50 bits per heavy atom. The molecule has 0 spiro atoms. The molecule has 1 aromatic heterocycles. The van der Waals surface area contributed by atoms with Gasteiger partial charge in [-0.25, -0.2) is 18.5 Å². The second-order valence-electron chi connectivity index (χ2n) is 3.61. The Hall–Kier alpha value is -1.22. The molecule has 0 aliphatic heterocycles. The van der Waals surface area contributed by atoms with Gasteiger partial charge >= 0.3 is 0 Å². The van der Waals surface area contributed by atoms with E-state index in [1.807, 2.05) is 0 Å². The fraction of sp³-hybridized carbons (Fsp3) is 0.300. The van der Waals surface area contributed by atoms with E-state index in [2.05, 4.69) is 10.3 Å². The van der Waals surface area contributed by atoms with Crippen molar-refractivity contribution < 1.29 is 13.2 Å². The fourth-order valence-corrected chi connectivity index (χ4v) is 2.96. The van der Waals surface area contributed by atoms with E-state index in [1.165, 1.54) is 23.5 Å². The first-order valence-electron chi connectivity index (χ1n) is 5.17. The molecule has 0 fully saturated rings. The van der Waals surface area contributed by atoms with Crippen LogP contribution in [0, 0.1) is 0 Å². The maximum atomic E-state index is 11.2. The minimum Gasteiger partial charge on any atom is -0.383 e. The summed E-state index contributed by atoms with van der Waals surface area (Å²) in [7, 11) is -2.04. The summed E-state index contributed by atoms with van der Waals surface area (Å²) in [5, 5.41) is 8.90. The molecule has 1 aromatic carbocycles. The summed E-state index contributed by atoms with van der Waals surface area (Å²) in [5.74, 6) is 0. The summed E-state index contributed by atoms with van der Waals surface area (Å²) in [6.45, 7) is 1.23. The number of methoxy groups -OCH3 is 1. The number of sulfonamides is 1. The number of hydrogen-bond donors (Lipinski definition) is 2. The van der Waals surface area contributed by atoms with Gasteiger partial charge < -0.3 is 10.1 Å². The summed E-state index contributed by atoms with van der Waals surface area (Å²) < 4.78 is 28.1. The number of ether oxygens (including phenoxy) is 1. The molecule has 3 N–H and O–H groups in total. The van der Waals surface area contributed by atoms with E-state index in [-0.39, 0.29) is 4.90 Å². The molecule has 0 saturated carbocycles. The molecule has 0 aliphatic rings. The summed E-state index contributed by atoms with van der Waals surface area (Å²) in [4.78, 5) is 4.42. The van der Waals surface area contributed by atoms with Gasteiger partial charge in [0.1, 0.15) is 0 Å². The average molecular weight is 287 g/mol. The van der Waals surface area contributed by atoms with Gasteiger partial charge in [0, 0.05) is 13.7 Å². The smallest absolute Gasteiger partial charge is 0.238 e. The highest BCUT2D eigenvalue weighted by Gasteiger charge is 2.10. The molecule has 2 aromatic rings. The zero-order chi connectivity index (χ0) is 13.2. The third-order valence-electron chi connectivity index (χ3n) is 2.27. The first kappa shape index (κ1) is 13.2. The minimum atomic E-state index is -3.67. The molecule has 0 radical (unpaired) electrons. The van der Waals surface area contributed by atoms with Crippen molar-refractivity contribution in [3.8, 4) is 0 Å². The van der Waals surface area contributed by atoms with Crippen LogP contribution in [-0.4, -0.2) is 33.7 Å². The van der Waals surface area contributed by atoms with E-state index in [4.69, 9.17) is 9.88 Å². The number of nitrogens with two attached hydrogens (primary N) is 1. The van der Waals surface area contributed by atoms with Crippen molar-refractivity contribution >= 4 is 36.7 Å². The van der Waals surface area contributed by atoms with Gasteiger partial charge in [0.2, 0.25) is 10.0 Å². The number of nitrogens with zero attached hydrogens (tertiary/aromatic N) is 1. The van der Waals surface area contributed by atoms with E-state index in [0.29, 0.717) is 13.2 Å². The molecule has 0 atom stereocenters. The second-order valence-corrected chi connectivity index (χ2v) is 6.21. The SMILES string of the molecule is COCCNc1nc2ccc(S(N)(=O)=O)cc2s1. The number of thiazole rings is 1. The molecule has 0 aliphatic carbocycles. The van der Waals surface area contributed by atoms with Gasteiger partial charge in [-0.1, -0.05) is 11.3 Å². The topological polar surface area (TPSA) is 94.3 Å². The lowest BCUT2D eigenvalue weighted by atomic mass is 10.3. The van der Waals surface area contributed by atoms with Crippen molar-refractivity contribution in [3.63, 3.8) is 0 Å². The van der Waals surface area contributed by atoms with Gasteiger partial charge in [0.05, 0.1) is 21.7 Å². The van der Waals surface area contributed by atoms with E-state index in [1.54, 1.807) is 13.2 Å². The quantitative estimate of drug-likeness (QED) is 0.800. The number of rotatable bonds is 5. The van der Waals surface area contributed by atoms with Gasteiger partial charge in [-0.05, 0) is 18.2 Å². The number of anilines is 1. The van der Waals surface area contributed by atoms with Crippen LogP contribution in [0.3, 0.4) is 0 Å². The van der Waals surface area contributed by atoms with Crippen LogP contribution in [0.2, 0.25) is 0 Å². The molecule has 8 heteroatoms. The number of nitrogens with one attached hydrogen (secondary N) is 1. The molecule has 0 bridgehead atoms. The molecule has 2 rings (SSSR count). The maximum Gasteiger partial charge on any atom is 0.238 e. The Labute approximate surface area is 109 Å². The van der Waals surface area contributed by atoms with Gasteiger partial charge in [-0.3, -0.25) is 0 Å². The predicted molar refractivity (Wildman–Crippen MR) is 71.4 cm³/mol. The summed E-state index contributed by atoms with van der Waals surface area (Å²) in [6, 6.07) is 4.63. The van der Waals surface area contributed by atoms with E-state index < -0.39 is 10.0 Å². The Bertz CT molecular complexity index is 651. The third-order valence-corrected chi connectivity index (χ3v) is 4.16. The highest BCUT2D eigenvalue weighted by molar-refractivity contribution is 7.89. The van der Waals surface area contributed by atoms with Crippen LogP contribution in [-0.2, 0) is 14.8 Å². The maximum absolute atomic E-state index is 11.2. The monoisotopic (exact) mass is 287 g/mol. The predicted octanol–water partition coefficient (Wildman–Crippen LogP) is 1.00. The fourth-order valence-electron chi connectivity index (χ4n) is 1.42. The first-order chi connectivity index (χ1) is 8.50. The molecule has 1 heterocycles. The van der Waals surface area contributed by atoms with Crippen LogP contribution in [0.25, 0.3) is 10.2 Å². The summed E-state index contributed by atoms with van der Waals surface area (Å²) in [6.07, 6.45) is 0. The normalized spacial score (nSPS) is 11.9. The van der Waals surface area contributed by atoms with Crippen LogP contribution in [0.15, 0.2) is 23.1 Å². The lowest BCUT2D eigenvalue weighted by molar-refractivity contribution is 0.211. The standard InChI is InChI=1S/C10H13N3O3S2/c1-16-5-4-12-10-13-8-3-2-7(18(11,14)15)6-9(8)17-10/h2-3,6H,4-5H2,1H3,(H,12,13)(H2,11,14,15). The van der Waals surface area contributed by atoms with Gasteiger partial charge in [-0.15, -0.1) is 0 Å². The minimum absolute atomic E-state index is 0.0992. The number of aromatic nitrogens is 1. The lowest BCUT2D eigenvalue weighted by Gasteiger charge is -1.99. The van der Waals surface area contributed by atoms with Crippen LogP contribution >= 0.6 is 11.3 Å². The third kappa shape index (κ3) is 2.96. The summed E-state index contributed by atoms with van der Waals surface area (Å²) in [5.41, 5.74) is 0.743. The second kappa shape index (κ2) is 5.19. The highest BCUT2D eigenvalue weighted by Crippen LogP contribution is 2.27. The van der Waals surface area contributed by atoms with Crippen molar-refractivity contribution in [2.24, 2.45) is 5.14 Å². The van der Waals surface area contributed by atoms with Crippen molar-refractivity contribution in [2.75, 3.05) is 25.6 Å². The Balaban J connectivity index is 2.28. The molecular formula is C10H13N3O3S2. The molecule has 18 heavy (non-hydrogen) atoms. The lowest BCUT2D eigenvalue weighted by Crippen LogP contribution is -2.11. The van der Waals surface area contributed by atoms with E-state index in [9.17, 15) is 8.42 Å². The van der Waals surface area contributed by atoms with Crippen LogP contribution < -0.4 is 10.5 Å². The van der Waals surface area contributed by atoms with Gasteiger partial charge in [0.25, 0.3) is 0 Å². The Morgan fingerprint density at radius 3 is 2.94 bits per heavy atom. The molecule has 0 amide bonds. The molecule has 0 unspecified atom stereocenters. The highest BCUT2D eigenvalue weighted by atomic mass is 32.2. The molecular weight excluding hydrogens is 274 g/mol. The summed E-state index contributed by atoms with van der Waals surface area (Å²) >= 11 is 1.38. The van der Waals surface area contributed by atoms with Crippen LogP contribution in [0.1, 0.15) is 0 Å². The largest absolute Gasteiger partial charge is 0.383 e. The average Bonchev–Trinajstić information content (AvgIpc) is 2.69. The number of benzene rings is 1. The van der Waals surface area contributed by atoms with Crippen molar-refractivity contribution in [1.82, 2.24) is 4.98 Å². The number of fused-ring (bicyclic) bond motifs is 1. The van der Waals surface area contributed by atoms with Gasteiger partial charge in [-0.2, -0.15) is 0 Å². The Morgan fingerprint density at radius 2 is 2.28 bits per heavy atom.